The summed E-state index contributed by atoms with van der Waals surface area (Å²) in [6.45, 7) is -0.251. The second-order valence-corrected chi connectivity index (χ2v) is 10.2. The first-order valence-electron chi connectivity index (χ1n) is 12.6. The van der Waals surface area contributed by atoms with Crippen LogP contribution in [0.25, 0.3) is 0 Å². The van der Waals surface area contributed by atoms with E-state index in [0.29, 0.717) is 11.3 Å². The van der Waals surface area contributed by atoms with Crippen LogP contribution in [0.15, 0.2) is 96.4 Å². The van der Waals surface area contributed by atoms with Crippen molar-refractivity contribution in [2.75, 3.05) is 12.4 Å². The Morgan fingerprint density at radius 1 is 0.927 bits per heavy atom. The summed E-state index contributed by atoms with van der Waals surface area (Å²) in [4.78, 5) is 50.7. The summed E-state index contributed by atoms with van der Waals surface area (Å²) < 4.78 is 17.0. The van der Waals surface area contributed by atoms with Gasteiger partial charge >= 0.3 is 5.97 Å². The van der Waals surface area contributed by atoms with E-state index in [4.69, 9.17) is 14.2 Å². The van der Waals surface area contributed by atoms with Crippen molar-refractivity contribution >= 4 is 35.2 Å². The Bertz CT molecular complexity index is 1460. The number of carbonyl (C=O) groups excluding carboxylic acids is 3. The van der Waals surface area contributed by atoms with Gasteiger partial charge < -0.3 is 19.5 Å². The van der Waals surface area contributed by atoms with Crippen LogP contribution < -0.4 is 10.1 Å². The average molecular weight is 576 g/mol. The van der Waals surface area contributed by atoms with Gasteiger partial charge in [0.05, 0.1) is 10.7 Å². The third kappa shape index (κ3) is 6.49. The maximum atomic E-state index is 13.3. The van der Waals surface area contributed by atoms with E-state index in [1.165, 1.54) is 40.9 Å². The van der Waals surface area contributed by atoms with Crippen molar-refractivity contribution in [3.8, 4) is 5.75 Å². The highest BCUT2D eigenvalue weighted by atomic mass is 32.2. The van der Waals surface area contributed by atoms with Crippen molar-refractivity contribution < 1.29 is 33.5 Å². The van der Waals surface area contributed by atoms with E-state index < -0.39 is 34.1 Å². The first-order valence-corrected chi connectivity index (χ1v) is 13.7. The minimum atomic E-state index is -0.847. The Kier molecular flexibility index (Phi) is 8.49. The summed E-state index contributed by atoms with van der Waals surface area (Å²) in [6, 6.07) is 23.0. The van der Waals surface area contributed by atoms with Crippen LogP contribution >= 0.6 is 11.8 Å². The van der Waals surface area contributed by atoms with E-state index in [2.05, 4.69) is 5.32 Å². The molecule has 2 heterocycles. The van der Waals surface area contributed by atoms with Gasteiger partial charge in [-0.25, -0.2) is 4.79 Å². The van der Waals surface area contributed by atoms with Crippen LogP contribution in [-0.4, -0.2) is 51.4 Å². The van der Waals surface area contributed by atoms with Crippen molar-refractivity contribution in [3.05, 3.63) is 118 Å². The lowest BCUT2D eigenvalue weighted by Gasteiger charge is -2.49. The van der Waals surface area contributed by atoms with Gasteiger partial charge in [-0.05, 0) is 35.4 Å². The van der Waals surface area contributed by atoms with E-state index in [1.807, 2.05) is 36.4 Å². The molecule has 0 aliphatic carbocycles. The van der Waals surface area contributed by atoms with E-state index in [9.17, 15) is 24.5 Å². The Balaban J connectivity index is 1.28. The standard InChI is InChI=1S/C29H25N3O8S/c33-24(17-38-22-9-5-2-6-10-22)30-25-27(34)31-26(29(35)40-16-20-11-13-21(14-12-20)32(36)37)23(18-41-28(25)31)39-15-19-7-3-1-4-8-19/h1-14,25,28H,15-18H2,(H,30,33)/t25-,28+/m0/s1. The number of esters is 1. The molecule has 1 saturated heterocycles. The Morgan fingerprint density at radius 3 is 2.27 bits per heavy atom. The number of carbonyl (C=O) groups is 3. The predicted molar refractivity (Wildman–Crippen MR) is 148 cm³/mol. The van der Waals surface area contributed by atoms with Gasteiger partial charge in [-0.3, -0.25) is 24.6 Å². The quantitative estimate of drug-likeness (QED) is 0.157. The molecule has 1 fully saturated rings. The second-order valence-electron chi connectivity index (χ2n) is 9.10. The molecule has 0 saturated carbocycles. The van der Waals surface area contributed by atoms with Crippen LogP contribution in [0.3, 0.4) is 0 Å². The highest BCUT2D eigenvalue weighted by Gasteiger charge is 2.55. The Labute approximate surface area is 239 Å². The number of ether oxygens (including phenoxy) is 3. The molecule has 2 amide bonds. The maximum Gasteiger partial charge on any atom is 0.358 e. The molecule has 2 aliphatic heterocycles. The van der Waals surface area contributed by atoms with Gasteiger partial charge in [0.2, 0.25) is 0 Å². The Morgan fingerprint density at radius 2 is 1.59 bits per heavy atom. The van der Waals surface area contributed by atoms with Crippen molar-refractivity contribution in [1.29, 1.82) is 0 Å². The summed E-state index contributed by atoms with van der Waals surface area (Å²) >= 11 is 1.36. The molecular formula is C29H25N3O8S. The lowest BCUT2D eigenvalue weighted by molar-refractivity contribution is -0.384. The van der Waals surface area contributed by atoms with E-state index in [0.717, 1.165) is 5.56 Å². The highest BCUT2D eigenvalue weighted by molar-refractivity contribution is 8.00. The number of benzene rings is 3. The van der Waals surface area contributed by atoms with Gasteiger partial charge in [0.1, 0.15) is 36.1 Å². The molecule has 3 aromatic rings. The number of para-hydroxylation sites is 1. The summed E-state index contributed by atoms with van der Waals surface area (Å²) in [5.74, 6) is -0.631. The SMILES string of the molecule is O=C(COc1ccccc1)N[C@H]1C(=O)N2C(C(=O)OCc3ccc([N+](=O)[O-])cc3)=C(OCc3ccccc3)CS[C@H]12. The molecular weight excluding hydrogens is 550 g/mol. The average Bonchev–Trinajstić information content (AvgIpc) is 3.01. The van der Waals surface area contributed by atoms with Crippen molar-refractivity contribution in [2.45, 2.75) is 24.6 Å². The fraction of sp³-hybridized carbons (Fsp3) is 0.207. The maximum absolute atomic E-state index is 13.3. The number of amides is 2. The van der Waals surface area contributed by atoms with Gasteiger partial charge in [-0.2, -0.15) is 0 Å². The van der Waals surface area contributed by atoms with Crippen molar-refractivity contribution in [2.24, 2.45) is 0 Å². The molecule has 41 heavy (non-hydrogen) atoms. The molecule has 0 aromatic heterocycles. The molecule has 0 spiro atoms. The third-order valence-electron chi connectivity index (χ3n) is 6.33. The molecule has 0 bridgehead atoms. The van der Waals surface area contributed by atoms with Gasteiger partial charge in [0.25, 0.3) is 17.5 Å². The highest BCUT2D eigenvalue weighted by Crippen LogP contribution is 2.41. The number of nitrogens with one attached hydrogen (secondary N) is 1. The topological polar surface area (TPSA) is 137 Å². The molecule has 0 radical (unpaired) electrons. The summed E-state index contributed by atoms with van der Waals surface area (Å²) in [5.41, 5.74) is 1.31. The van der Waals surface area contributed by atoms with Crippen LogP contribution in [0, 0.1) is 10.1 Å². The summed E-state index contributed by atoms with van der Waals surface area (Å²) in [6.07, 6.45) is 0. The zero-order valence-electron chi connectivity index (χ0n) is 21.6. The molecule has 1 N–H and O–H groups in total. The van der Waals surface area contributed by atoms with Crippen LogP contribution in [0.4, 0.5) is 5.69 Å². The van der Waals surface area contributed by atoms with Crippen LogP contribution in [0.2, 0.25) is 0 Å². The fourth-order valence-corrected chi connectivity index (χ4v) is 5.53. The molecule has 11 nitrogen and oxygen atoms in total. The number of hydrogen-bond donors (Lipinski definition) is 1. The van der Waals surface area contributed by atoms with E-state index in [1.54, 1.807) is 24.3 Å². The molecule has 2 aliphatic rings. The number of nitrogens with zero attached hydrogens (tertiary/aromatic N) is 2. The molecule has 12 heteroatoms. The lowest BCUT2D eigenvalue weighted by Crippen LogP contribution is -2.71. The number of nitro groups is 1. The fourth-order valence-electron chi connectivity index (χ4n) is 4.25. The zero-order valence-corrected chi connectivity index (χ0v) is 22.5. The number of non-ortho nitro benzene ring substituents is 1. The van der Waals surface area contributed by atoms with Gasteiger partial charge in [0, 0.05) is 12.1 Å². The van der Waals surface area contributed by atoms with E-state index >= 15 is 0 Å². The van der Waals surface area contributed by atoms with Crippen molar-refractivity contribution in [1.82, 2.24) is 10.2 Å². The molecule has 3 aromatic carbocycles. The second kappa shape index (κ2) is 12.6. The third-order valence-corrected chi connectivity index (χ3v) is 7.58. The number of rotatable bonds is 11. The number of thioether (sulfide) groups is 1. The first kappa shape index (κ1) is 27.7. The molecule has 2 atom stereocenters. The summed E-state index contributed by atoms with van der Waals surface area (Å²) in [7, 11) is 0. The van der Waals surface area contributed by atoms with Crippen LogP contribution in [0.1, 0.15) is 11.1 Å². The van der Waals surface area contributed by atoms with Gasteiger partial charge in [-0.1, -0.05) is 48.5 Å². The van der Waals surface area contributed by atoms with E-state index in [-0.39, 0.29) is 42.7 Å². The number of nitro benzene ring substituents is 1. The normalized spacial score (nSPS) is 17.7. The smallest absolute Gasteiger partial charge is 0.358 e. The van der Waals surface area contributed by atoms with Gasteiger partial charge in [-0.15, -0.1) is 11.8 Å². The number of hydrogen-bond acceptors (Lipinski definition) is 9. The first-order chi connectivity index (χ1) is 19.9. The molecule has 0 unspecified atom stereocenters. The largest absolute Gasteiger partial charge is 0.490 e. The predicted octanol–water partition coefficient (Wildman–Crippen LogP) is 3.55. The van der Waals surface area contributed by atoms with Crippen LogP contribution in [0.5, 0.6) is 5.75 Å². The lowest BCUT2D eigenvalue weighted by atomic mass is 10.0. The number of fused-ring (bicyclic) bond motifs is 1. The number of β-lactam (4-membered cyclic amide) rings is 1. The zero-order chi connectivity index (χ0) is 28.8. The Hall–Kier alpha value is -4.84. The van der Waals surface area contributed by atoms with Crippen LogP contribution in [-0.2, 0) is 37.1 Å². The summed E-state index contributed by atoms with van der Waals surface area (Å²) in [5, 5.41) is 13.1. The van der Waals surface area contributed by atoms with Crippen molar-refractivity contribution in [3.63, 3.8) is 0 Å². The minimum Gasteiger partial charge on any atom is -0.490 e. The minimum absolute atomic E-state index is 0.0253. The monoisotopic (exact) mass is 575 g/mol. The van der Waals surface area contributed by atoms with Gasteiger partial charge in [0.15, 0.2) is 12.3 Å². The molecule has 5 rings (SSSR count). The molecule has 210 valence electrons.